The Morgan fingerprint density at radius 3 is 2.46 bits per heavy atom. The molecule has 2 aromatic rings. The van der Waals surface area contributed by atoms with Crippen molar-refractivity contribution in [2.75, 3.05) is 31.1 Å². The van der Waals surface area contributed by atoms with Crippen LogP contribution in [0.15, 0.2) is 48.5 Å². The van der Waals surface area contributed by atoms with Crippen molar-refractivity contribution in [2.24, 2.45) is 0 Å². The van der Waals surface area contributed by atoms with Crippen LogP contribution in [0.5, 0.6) is 0 Å². The van der Waals surface area contributed by atoms with Gasteiger partial charge in [-0.15, -0.1) is 0 Å². The van der Waals surface area contributed by atoms with Crippen LogP contribution in [0.3, 0.4) is 0 Å². The normalized spacial score (nSPS) is 15.3. The first-order chi connectivity index (χ1) is 13.2. The molecule has 0 aliphatic carbocycles. The lowest BCUT2D eigenvalue weighted by molar-refractivity contribution is -0.137. The number of aryl methyl sites for hydroxylation is 1. The van der Waals surface area contributed by atoms with E-state index in [2.05, 4.69) is 4.90 Å². The second-order valence-electron chi connectivity index (χ2n) is 6.70. The van der Waals surface area contributed by atoms with E-state index in [9.17, 15) is 18.0 Å². The second kappa shape index (κ2) is 8.27. The fourth-order valence-electron chi connectivity index (χ4n) is 3.18. The number of nitrogens with zero attached hydrogens (tertiary/aromatic N) is 2. The van der Waals surface area contributed by atoms with E-state index in [0.717, 1.165) is 23.4 Å². The van der Waals surface area contributed by atoms with Crippen LogP contribution in [0.1, 0.15) is 16.7 Å². The van der Waals surface area contributed by atoms with E-state index >= 15 is 0 Å². The number of amides is 1. The average Bonchev–Trinajstić information content (AvgIpc) is 2.68. The van der Waals surface area contributed by atoms with Crippen molar-refractivity contribution in [1.82, 2.24) is 4.90 Å². The van der Waals surface area contributed by atoms with Crippen molar-refractivity contribution in [2.45, 2.75) is 13.1 Å². The quantitative estimate of drug-likeness (QED) is 0.665. The van der Waals surface area contributed by atoms with E-state index in [-0.39, 0.29) is 5.91 Å². The maximum absolute atomic E-state index is 12.8. The third-order valence-corrected chi connectivity index (χ3v) is 4.97. The number of halogens is 4. The molecule has 0 unspecified atom stereocenters. The molecule has 0 N–H and O–H groups in total. The lowest BCUT2D eigenvalue weighted by atomic mass is 10.1. The highest BCUT2D eigenvalue weighted by Gasteiger charge is 2.30. The molecule has 1 heterocycles. The maximum Gasteiger partial charge on any atom is 0.416 e. The second-order valence-corrected chi connectivity index (χ2v) is 7.14. The number of carbonyl (C=O) groups excluding carboxylic acids is 1. The molecule has 0 atom stereocenters. The summed E-state index contributed by atoms with van der Waals surface area (Å²) in [4.78, 5) is 16.3. The van der Waals surface area contributed by atoms with Crippen LogP contribution in [0.4, 0.5) is 18.9 Å². The molecule has 1 amide bonds. The van der Waals surface area contributed by atoms with Gasteiger partial charge in [-0.1, -0.05) is 29.8 Å². The third-order valence-electron chi connectivity index (χ3n) is 4.74. The zero-order valence-electron chi connectivity index (χ0n) is 15.3. The Hall–Kier alpha value is -2.47. The van der Waals surface area contributed by atoms with Gasteiger partial charge in [0.2, 0.25) is 5.91 Å². The smallest absolute Gasteiger partial charge is 0.368 e. The summed E-state index contributed by atoms with van der Waals surface area (Å²) in [6.07, 6.45) is -1.65. The molecule has 0 aromatic heterocycles. The van der Waals surface area contributed by atoms with Crippen molar-refractivity contribution in [3.05, 3.63) is 70.3 Å². The molecule has 3 rings (SSSR count). The van der Waals surface area contributed by atoms with Gasteiger partial charge in [0, 0.05) is 43.0 Å². The molecule has 28 heavy (non-hydrogen) atoms. The molecular weight excluding hydrogens is 389 g/mol. The van der Waals surface area contributed by atoms with Gasteiger partial charge in [0.25, 0.3) is 0 Å². The van der Waals surface area contributed by atoms with Gasteiger partial charge in [-0.2, -0.15) is 13.2 Å². The van der Waals surface area contributed by atoms with Gasteiger partial charge in [-0.3, -0.25) is 4.79 Å². The standard InChI is InChI=1S/C21H20ClF3N2O/c1-15-5-7-18(22)14-19(15)26-9-11-27(12-10-26)20(28)8-6-16-3-2-4-17(13-16)21(23,24)25/h2-8,13-14H,9-12H2,1H3. The maximum atomic E-state index is 12.8. The van der Waals surface area contributed by atoms with Gasteiger partial charge < -0.3 is 9.80 Å². The van der Waals surface area contributed by atoms with E-state index in [1.807, 2.05) is 25.1 Å². The molecule has 148 valence electrons. The molecule has 1 aliphatic rings. The predicted octanol–water partition coefficient (Wildman–Crippen LogP) is 5.03. The highest BCUT2D eigenvalue weighted by Crippen LogP contribution is 2.30. The Labute approximate surface area is 167 Å². The zero-order valence-corrected chi connectivity index (χ0v) is 16.1. The van der Waals surface area contributed by atoms with Gasteiger partial charge in [0.15, 0.2) is 0 Å². The van der Waals surface area contributed by atoms with Gasteiger partial charge in [-0.25, -0.2) is 0 Å². The first-order valence-corrected chi connectivity index (χ1v) is 9.27. The Morgan fingerprint density at radius 2 is 1.79 bits per heavy atom. The van der Waals surface area contributed by atoms with Crippen LogP contribution in [0, 0.1) is 6.92 Å². The van der Waals surface area contributed by atoms with Crippen LogP contribution in [-0.4, -0.2) is 37.0 Å². The molecular formula is C21H20ClF3N2O. The summed E-state index contributed by atoms with van der Waals surface area (Å²) < 4.78 is 38.3. The summed E-state index contributed by atoms with van der Waals surface area (Å²) in [6.45, 7) is 4.44. The van der Waals surface area contributed by atoms with Crippen molar-refractivity contribution in [3.63, 3.8) is 0 Å². The molecule has 0 spiro atoms. The number of carbonyl (C=O) groups is 1. The molecule has 1 saturated heterocycles. The first kappa shape index (κ1) is 20.3. The minimum Gasteiger partial charge on any atom is -0.368 e. The van der Waals surface area contributed by atoms with Crippen molar-refractivity contribution in [3.8, 4) is 0 Å². The summed E-state index contributed by atoms with van der Waals surface area (Å²) in [7, 11) is 0. The first-order valence-electron chi connectivity index (χ1n) is 8.89. The molecule has 0 bridgehead atoms. The number of hydrogen-bond acceptors (Lipinski definition) is 2. The molecule has 7 heteroatoms. The third kappa shape index (κ3) is 4.87. The van der Waals surface area contributed by atoms with Crippen molar-refractivity contribution < 1.29 is 18.0 Å². The van der Waals surface area contributed by atoms with E-state index in [4.69, 9.17) is 11.6 Å². The fourth-order valence-corrected chi connectivity index (χ4v) is 3.35. The number of alkyl halides is 3. The van der Waals surface area contributed by atoms with Crippen LogP contribution in [-0.2, 0) is 11.0 Å². The average molecular weight is 409 g/mol. The minimum atomic E-state index is -4.40. The summed E-state index contributed by atoms with van der Waals surface area (Å²) in [5.41, 5.74) is 1.79. The Bertz CT molecular complexity index is 887. The van der Waals surface area contributed by atoms with Crippen LogP contribution >= 0.6 is 11.6 Å². The van der Waals surface area contributed by atoms with E-state index < -0.39 is 11.7 Å². The minimum absolute atomic E-state index is 0.208. The largest absolute Gasteiger partial charge is 0.416 e. The molecule has 2 aromatic carbocycles. The summed E-state index contributed by atoms with van der Waals surface area (Å²) in [5.74, 6) is -0.208. The van der Waals surface area contributed by atoms with Crippen LogP contribution < -0.4 is 4.90 Å². The SMILES string of the molecule is Cc1ccc(Cl)cc1N1CCN(C(=O)C=Cc2cccc(C(F)(F)F)c2)CC1. The fraction of sp³-hybridized carbons (Fsp3) is 0.286. The van der Waals surface area contributed by atoms with Crippen LogP contribution in [0.25, 0.3) is 6.08 Å². The summed E-state index contributed by atoms with van der Waals surface area (Å²) >= 11 is 6.08. The molecule has 3 nitrogen and oxygen atoms in total. The highest BCUT2D eigenvalue weighted by atomic mass is 35.5. The lowest BCUT2D eigenvalue weighted by Gasteiger charge is -2.36. The van der Waals surface area contributed by atoms with Gasteiger partial charge in [0.1, 0.15) is 0 Å². The number of piperazine rings is 1. The van der Waals surface area contributed by atoms with Gasteiger partial charge >= 0.3 is 6.18 Å². The van der Waals surface area contributed by atoms with Gasteiger partial charge in [-0.05, 0) is 48.4 Å². The number of benzene rings is 2. The van der Waals surface area contributed by atoms with E-state index in [0.29, 0.717) is 36.8 Å². The lowest BCUT2D eigenvalue weighted by Crippen LogP contribution is -2.48. The zero-order chi connectivity index (χ0) is 20.3. The number of rotatable bonds is 3. The van der Waals surface area contributed by atoms with Crippen molar-refractivity contribution in [1.29, 1.82) is 0 Å². The van der Waals surface area contributed by atoms with Crippen LogP contribution in [0.2, 0.25) is 5.02 Å². The number of anilines is 1. The van der Waals surface area contributed by atoms with E-state index in [1.165, 1.54) is 18.2 Å². The molecule has 0 radical (unpaired) electrons. The summed E-state index contributed by atoms with van der Waals surface area (Å²) in [5, 5.41) is 0.670. The topological polar surface area (TPSA) is 23.6 Å². The monoisotopic (exact) mass is 408 g/mol. The molecule has 1 aliphatic heterocycles. The molecule has 0 saturated carbocycles. The Balaban J connectivity index is 1.61. The number of hydrogen-bond donors (Lipinski definition) is 0. The highest BCUT2D eigenvalue weighted by molar-refractivity contribution is 6.30. The Morgan fingerprint density at radius 1 is 1.07 bits per heavy atom. The Kier molecular flexibility index (Phi) is 5.98. The van der Waals surface area contributed by atoms with E-state index in [1.54, 1.807) is 11.0 Å². The van der Waals surface area contributed by atoms with Crippen molar-refractivity contribution >= 4 is 29.3 Å². The predicted molar refractivity (Wildman–Crippen MR) is 105 cm³/mol. The summed E-state index contributed by atoms with van der Waals surface area (Å²) in [6, 6.07) is 10.6. The van der Waals surface area contributed by atoms with Gasteiger partial charge in [0.05, 0.1) is 5.56 Å². The molecule has 1 fully saturated rings.